The van der Waals surface area contributed by atoms with E-state index in [1.54, 1.807) is 39.6 Å². The van der Waals surface area contributed by atoms with Crippen molar-refractivity contribution in [3.05, 3.63) is 54.1 Å². The standard InChI is InChI=1S/C23H31N7O3S/c1-18-21(16-27(2)26-18)34(32,33)28(3)10-11-29-12-14-30(15-13-29)23-22(24-8-9-25-23)20-6-4-19(17-31)5-7-20/h4-9,16,31H,10-15,17H2,1-3H3. The van der Waals surface area contributed by atoms with E-state index in [2.05, 4.69) is 24.9 Å². The first kappa shape index (κ1) is 24.3. The van der Waals surface area contributed by atoms with Crippen LogP contribution in [0.3, 0.4) is 0 Å². The van der Waals surface area contributed by atoms with Gasteiger partial charge in [0.1, 0.15) is 10.6 Å². The van der Waals surface area contributed by atoms with E-state index in [9.17, 15) is 13.5 Å². The van der Waals surface area contributed by atoms with Crippen molar-refractivity contribution in [1.29, 1.82) is 0 Å². The lowest BCUT2D eigenvalue weighted by atomic mass is 10.1. The molecule has 0 radical (unpaired) electrons. The van der Waals surface area contributed by atoms with Gasteiger partial charge in [-0.1, -0.05) is 24.3 Å². The number of aromatic nitrogens is 4. The first-order valence-electron chi connectivity index (χ1n) is 11.2. The molecule has 0 bridgehead atoms. The lowest BCUT2D eigenvalue weighted by molar-refractivity contribution is 0.243. The van der Waals surface area contributed by atoms with Crippen molar-refractivity contribution in [3.63, 3.8) is 0 Å². The zero-order chi connectivity index (χ0) is 24.3. The number of benzene rings is 1. The molecule has 1 aliphatic heterocycles. The Balaban J connectivity index is 1.36. The molecular weight excluding hydrogens is 454 g/mol. The number of likely N-dealkylation sites (N-methyl/N-ethyl adjacent to an activating group) is 1. The highest BCUT2D eigenvalue weighted by Gasteiger charge is 2.27. The van der Waals surface area contributed by atoms with E-state index < -0.39 is 10.0 Å². The molecule has 0 unspecified atom stereocenters. The van der Waals surface area contributed by atoms with Crippen LogP contribution in [0.25, 0.3) is 11.3 Å². The molecule has 0 aliphatic carbocycles. The number of aryl methyl sites for hydroxylation is 2. The van der Waals surface area contributed by atoms with E-state index in [4.69, 9.17) is 0 Å². The van der Waals surface area contributed by atoms with Crippen LogP contribution in [0.2, 0.25) is 0 Å². The summed E-state index contributed by atoms with van der Waals surface area (Å²) in [6.07, 6.45) is 4.94. The molecule has 34 heavy (non-hydrogen) atoms. The van der Waals surface area contributed by atoms with Crippen molar-refractivity contribution in [2.75, 3.05) is 51.2 Å². The van der Waals surface area contributed by atoms with Crippen molar-refractivity contribution in [3.8, 4) is 11.3 Å². The quantitative estimate of drug-likeness (QED) is 0.506. The molecule has 1 aromatic carbocycles. The molecular formula is C23H31N7O3S. The highest BCUT2D eigenvalue weighted by Crippen LogP contribution is 2.27. The molecule has 3 heterocycles. The molecule has 1 N–H and O–H groups in total. The van der Waals surface area contributed by atoms with Gasteiger partial charge in [-0.3, -0.25) is 14.6 Å². The van der Waals surface area contributed by atoms with E-state index in [0.717, 1.165) is 48.8 Å². The second-order valence-corrected chi connectivity index (χ2v) is 10.5. The zero-order valence-corrected chi connectivity index (χ0v) is 20.6. The fraction of sp³-hybridized carbons (Fsp3) is 0.435. The summed E-state index contributed by atoms with van der Waals surface area (Å²) in [6, 6.07) is 7.69. The number of aliphatic hydroxyl groups excluding tert-OH is 1. The summed E-state index contributed by atoms with van der Waals surface area (Å²) in [5, 5.41) is 13.5. The lowest BCUT2D eigenvalue weighted by Crippen LogP contribution is -2.49. The summed E-state index contributed by atoms with van der Waals surface area (Å²) >= 11 is 0. The van der Waals surface area contributed by atoms with Crippen LogP contribution in [0.1, 0.15) is 11.3 Å². The van der Waals surface area contributed by atoms with Crippen LogP contribution in [0.4, 0.5) is 5.82 Å². The molecule has 182 valence electrons. The molecule has 0 spiro atoms. The van der Waals surface area contributed by atoms with E-state index >= 15 is 0 Å². The smallest absolute Gasteiger partial charge is 0.246 e. The Kier molecular flexibility index (Phi) is 7.27. The minimum absolute atomic E-state index is 0.00784. The maximum Gasteiger partial charge on any atom is 0.246 e. The third kappa shape index (κ3) is 5.12. The van der Waals surface area contributed by atoms with Gasteiger partial charge in [0, 0.05) is 77.5 Å². The van der Waals surface area contributed by atoms with Crippen LogP contribution in [0.15, 0.2) is 47.8 Å². The molecule has 10 nitrogen and oxygen atoms in total. The Morgan fingerprint density at radius 3 is 2.35 bits per heavy atom. The number of hydrogen-bond donors (Lipinski definition) is 1. The van der Waals surface area contributed by atoms with Gasteiger partial charge in [0.25, 0.3) is 0 Å². The second-order valence-electron chi connectivity index (χ2n) is 8.49. The van der Waals surface area contributed by atoms with Gasteiger partial charge in [0.15, 0.2) is 5.82 Å². The summed E-state index contributed by atoms with van der Waals surface area (Å²) in [4.78, 5) is 13.9. The number of hydrogen-bond acceptors (Lipinski definition) is 8. The molecule has 3 aromatic rings. The minimum Gasteiger partial charge on any atom is -0.392 e. The lowest BCUT2D eigenvalue weighted by Gasteiger charge is -2.36. The normalized spacial score (nSPS) is 15.3. The van der Waals surface area contributed by atoms with Crippen LogP contribution in [0, 0.1) is 6.92 Å². The highest BCUT2D eigenvalue weighted by atomic mass is 32.2. The van der Waals surface area contributed by atoms with E-state index in [1.165, 1.54) is 8.99 Å². The van der Waals surface area contributed by atoms with Crippen LogP contribution in [-0.4, -0.2) is 88.8 Å². The fourth-order valence-electron chi connectivity index (χ4n) is 4.12. The van der Waals surface area contributed by atoms with Gasteiger partial charge >= 0.3 is 0 Å². The Bertz CT molecular complexity index is 1220. The molecule has 1 aliphatic rings. The monoisotopic (exact) mass is 485 g/mol. The van der Waals surface area contributed by atoms with Crippen molar-refractivity contribution >= 4 is 15.8 Å². The van der Waals surface area contributed by atoms with Crippen molar-refractivity contribution in [1.82, 2.24) is 29.0 Å². The van der Waals surface area contributed by atoms with Crippen molar-refractivity contribution in [2.45, 2.75) is 18.4 Å². The largest absolute Gasteiger partial charge is 0.392 e. The Hall–Kier alpha value is -2.86. The van der Waals surface area contributed by atoms with Gasteiger partial charge < -0.3 is 10.0 Å². The van der Waals surface area contributed by atoms with E-state index in [1.807, 2.05) is 24.3 Å². The number of nitrogens with zero attached hydrogens (tertiary/aromatic N) is 7. The van der Waals surface area contributed by atoms with Gasteiger partial charge in [0.2, 0.25) is 10.0 Å². The molecule has 2 aromatic heterocycles. The van der Waals surface area contributed by atoms with E-state index in [0.29, 0.717) is 18.8 Å². The minimum atomic E-state index is -3.57. The summed E-state index contributed by atoms with van der Waals surface area (Å²) in [5.41, 5.74) is 3.14. The van der Waals surface area contributed by atoms with Crippen LogP contribution >= 0.6 is 0 Å². The molecule has 1 fully saturated rings. The Morgan fingerprint density at radius 1 is 1.06 bits per heavy atom. The molecule has 0 atom stereocenters. The van der Waals surface area contributed by atoms with Gasteiger partial charge in [0.05, 0.1) is 12.3 Å². The zero-order valence-electron chi connectivity index (χ0n) is 19.8. The average Bonchev–Trinajstić information content (AvgIpc) is 3.21. The first-order chi connectivity index (χ1) is 16.3. The topological polar surface area (TPSA) is 108 Å². The molecule has 0 saturated carbocycles. The van der Waals surface area contributed by atoms with Crippen molar-refractivity contribution < 1.29 is 13.5 Å². The maximum atomic E-state index is 12.9. The maximum absolute atomic E-state index is 12.9. The SMILES string of the molecule is Cc1nn(C)cc1S(=O)(=O)N(C)CCN1CCN(c2nccnc2-c2ccc(CO)cc2)CC1. The predicted octanol–water partition coefficient (Wildman–Crippen LogP) is 1.12. The summed E-state index contributed by atoms with van der Waals surface area (Å²) < 4.78 is 28.7. The van der Waals surface area contributed by atoms with Gasteiger partial charge in [-0.05, 0) is 12.5 Å². The van der Waals surface area contributed by atoms with E-state index in [-0.39, 0.29) is 11.5 Å². The van der Waals surface area contributed by atoms with Crippen molar-refractivity contribution in [2.24, 2.45) is 7.05 Å². The number of sulfonamides is 1. The predicted molar refractivity (Wildman–Crippen MR) is 130 cm³/mol. The highest BCUT2D eigenvalue weighted by molar-refractivity contribution is 7.89. The van der Waals surface area contributed by atoms with Crippen LogP contribution in [-0.2, 0) is 23.7 Å². The third-order valence-electron chi connectivity index (χ3n) is 6.15. The Labute approximate surface area is 200 Å². The third-order valence-corrected chi connectivity index (χ3v) is 8.11. The summed E-state index contributed by atoms with van der Waals surface area (Å²) in [5.74, 6) is 0.839. The summed E-state index contributed by atoms with van der Waals surface area (Å²) in [6.45, 7) is 5.94. The van der Waals surface area contributed by atoms with Gasteiger partial charge in [-0.25, -0.2) is 13.4 Å². The number of aliphatic hydroxyl groups is 1. The second kappa shape index (κ2) is 10.2. The number of anilines is 1. The van der Waals surface area contributed by atoms with Gasteiger partial charge in [-0.15, -0.1) is 0 Å². The first-order valence-corrected chi connectivity index (χ1v) is 12.7. The fourth-order valence-corrected chi connectivity index (χ4v) is 5.48. The molecule has 1 saturated heterocycles. The molecule has 4 rings (SSSR count). The number of piperazine rings is 1. The number of rotatable bonds is 8. The van der Waals surface area contributed by atoms with Crippen LogP contribution in [0.5, 0.6) is 0 Å². The van der Waals surface area contributed by atoms with Gasteiger partial charge in [-0.2, -0.15) is 9.40 Å². The molecule has 11 heteroatoms. The van der Waals surface area contributed by atoms with Crippen LogP contribution < -0.4 is 4.90 Å². The summed E-state index contributed by atoms with van der Waals surface area (Å²) in [7, 11) is -0.228. The molecule has 0 amide bonds. The average molecular weight is 486 g/mol. The Morgan fingerprint density at radius 2 is 1.74 bits per heavy atom.